The molecule has 1 atom stereocenters. The van der Waals surface area contributed by atoms with E-state index < -0.39 is 22.1 Å². The number of hydrogen-bond donors (Lipinski definition) is 3. The molecule has 0 aromatic heterocycles. The summed E-state index contributed by atoms with van der Waals surface area (Å²) in [6.07, 6.45) is 4.82. The number of hydrogen-bond acceptors (Lipinski definition) is 5. The second kappa shape index (κ2) is 12.0. The lowest BCUT2D eigenvalue weighted by atomic mass is 10.0. The minimum Gasteiger partial charge on any atom is -0.493 e. The monoisotopic (exact) mass is 475 g/mol. The lowest BCUT2D eigenvalue weighted by Gasteiger charge is -2.15. The number of carboxylic acids is 1. The number of para-hydroxylation sites is 1. The van der Waals surface area contributed by atoms with Crippen molar-refractivity contribution in [2.75, 3.05) is 11.3 Å². The van der Waals surface area contributed by atoms with Crippen LogP contribution in [0.15, 0.2) is 48.5 Å². The highest BCUT2D eigenvalue weighted by Gasteiger charge is 2.28. The first-order chi connectivity index (χ1) is 15.8. The Morgan fingerprint density at radius 2 is 1.82 bits per heavy atom. The summed E-state index contributed by atoms with van der Waals surface area (Å²) >= 11 is 0. The van der Waals surface area contributed by atoms with Gasteiger partial charge in [0.1, 0.15) is 5.75 Å². The number of nitrogens with one attached hydrogen (secondary N) is 1. The molecule has 1 saturated carbocycles. The van der Waals surface area contributed by atoms with Gasteiger partial charge in [0.25, 0.3) is 0 Å². The van der Waals surface area contributed by atoms with Crippen LogP contribution in [0.25, 0.3) is 0 Å². The van der Waals surface area contributed by atoms with E-state index in [2.05, 4.69) is 4.72 Å². The topological polar surface area (TPSA) is 113 Å². The van der Waals surface area contributed by atoms with Gasteiger partial charge in [-0.25, -0.2) is 8.42 Å². The standard InChI is InChI=1S/C25H33NO6S/c27-22(16-17-32-24-11-4-1-7-20(24)13-15-25(28)29)14-12-19-6-5-8-21(18-19)26-33(30,31)23-9-2-3-10-23/h1,4-8,11,18,22-23,26-27H,2-3,9-10,12-17H2,(H,28,29). The van der Waals surface area contributed by atoms with E-state index in [0.29, 0.717) is 56.6 Å². The third-order valence-corrected chi connectivity index (χ3v) is 7.85. The van der Waals surface area contributed by atoms with E-state index in [1.807, 2.05) is 42.5 Å². The fraction of sp³-hybridized carbons (Fsp3) is 0.480. The Kier molecular flexibility index (Phi) is 9.14. The number of sulfonamides is 1. The number of anilines is 1. The molecule has 2 aromatic rings. The van der Waals surface area contributed by atoms with Gasteiger partial charge in [-0.15, -0.1) is 0 Å². The number of carboxylic acid groups (broad SMARTS) is 1. The molecule has 1 unspecified atom stereocenters. The number of aliphatic carboxylic acids is 1. The third kappa shape index (κ3) is 8.05. The molecule has 1 fully saturated rings. The van der Waals surface area contributed by atoms with Gasteiger partial charge in [0.2, 0.25) is 10.0 Å². The molecule has 33 heavy (non-hydrogen) atoms. The molecule has 0 spiro atoms. The summed E-state index contributed by atoms with van der Waals surface area (Å²) in [4.78, 5) is 10.8. The molecule has 0 radical (unpaired) electrons. The van der Waals surface area contributed by atoms with Gasteiger partial charge in [0.05, 0.1) is 18.0 Å². The largest absolute Gasteiger partial charge is 0.493 e. The van der Waals surface area contributed by atoms with Crippen LogP contribution in [0.3, 0.4) is 0 Å². The van der Waals surface area contributed by atoms with Gasteiger partial charge < -0.3 is 14.9 Å². The van der Waals surface area contributed by atoms with Crippen molar-refractivity contribution in [2.24, 2.45) is 0 Å². The fourth-order valence-corrected chi connectivity index (χ4v) is 5.69. The number of aliphatic hydroxyl groups excluding tert-OH is 1. The van der Waals surface area contributed by atoms with Crippen LogP contribution in [0.5, 0.6) is 5.75 Å². The zero-order chi connectivity index (χ0) is 23.7. The molecule has 1 aliphatic rings. The van der Waals surface area contributed by atoms with Gasteiger partial charge in [-0.1, -0.05) is 43.2 Å². The summed E-state index contributed by atoms with van der Waals surface area (Å²) in [6, 6.07) is 14.7. The van der Waals surface area contributed by atoms with Gasteiger partial charge in [0, 0.05) is 18.5 Å². The fourth-order valence-electron chi connectivity index (χ4n) is 4.11. The highest BCUT2D eigenvalue weighted by Crippen LogP contribution is 2.26. The molecule has 1 aliphatic carbocycles. The normalized spacial score (nSPS) is 15.3. The summed E-state index contributed by atoms with van der Waals surface area (Å²) in [5.74, 6) is -0.205. The number of benzene rings is 2. The molecule has 0 saturated heterocycles. The highest BCUT2D eigenvalue weighted by molar-refractivity contribution is 7.93. The van der Waals surface area contributed by atoms with Crippen LogP contribution in [0.2, 0.25) is 0 Å². The molecule has 0 bridgehead atoms. The Bertz CT molecular complexity index is 1020. The Morgan fingerprint density at radius 1 is 1.06 bits per heavy atom. The number of aryl methyl sites for hydroxylation is 2. The lowest BCUT2D eigenvalue weighted by molar-refractivity contribution is -0.136. The van der Waals surface area contributed by atoms with E-state index in [1.54, 1.807) is 6.07 Å². The van der Waals surface area contributed by atoms with Gasteiger partial charge in [-0.3, -0.25) is 9.52 Å². The third-order valence-electron chi connectivity index (χ3n) is 5.98. The summed E-state index contributed by atoms with van der Waals surface area (Å²) in [7, 11) is -3.36. The second-order valence-electron chi connectivity index (χ2n) is 8.59. The molecule has 0 heterocycles. The molecule has 180 valence electrons. The maximum absolute atomic E-state index is 12.5. The van der Waals surface area contributed by atoms with E-state index in [-0.39, 0.29) is 11.7 Å². The Labute approximate surface area is 195 Å². The van der Waals surface area contributed by atoms with Crippen molar-refractivity contribution in [1.82, 2.24) is 0 Å². The van der Waals surface area contributed by atoms with Crippen LogP contribution in [-0.2, 0) is 27.7 Å². The number of rotatable bonds is 13. The SMILES string of the molecule is O=C(O)CCc1ccccc1OCCC(O)CCc1cccc(NS(=O)(=O)C2CCCC2)c1. The van der Waals surface area contributed by atoms with Crippen LogP contribution in [0, 0.1) is 0 Å². The Balaban J connectivity index is 1.44. The van der Waals surface area contributed by atoms with Crippen LogP contribution >= 0.6 is 0 Å². The summed E-state index contributed by atoms with van der Waals surface area (Å²) in [5, 5.41) is 18.9. The molecule has 7 nitrogen and oxygen atoms in total. The first-order valence-electron chi connectivity index (χ1n) is 11.5. The van der Waals surface area contributed by atoms with Crippen molar-refractivity contribution in [3.05, 3.63) is 59.7 Å². The maximum Gasteiger partial charge on any atom is 0.303 e. The summed E-state index contributed by atoms with van der Waals surface area (Å²) < 4.78 is 33.5. The smallest absolute Gasteiger partial charge is 0.303 e. The maximum atomic E-state index is 12.5. The number of ether oxygens (including phenoxy) is 1. The predicted octanol–water partition coefficient (Wildman–Crippen LogP) is 4.15. The second-order valence-corrected chi connectivity index (χ2v) is 10.5. The number of aliphatic hydroxyl groups is 1. The minimum atomic E-state index is -3.36. The van der Waals surface area contributed by atoms with Crippen molar-refractivity contribution < 1.29 is 28.2 Å². The van der Waals surface area contributed by atoms with Crippen molar-refractivity contribution in [3.8, 4) is 5.75 Å². The number of carbonyl (C=O) groups is 1. The van der Waals surface area contributed by atoms with Crippen LogP contribution < -0.4 is 9.46 Å². The zero-order valence-electron chi connectivity index (χ0n) is 18.8. The van der Waals surface area contributed by atoms with Crippen molar-refractivity contribution in [3.63, 3.8) is 0 Å². The van der Waals surface area contributed by atoms with Crippen molar-refractivity contribution >= 4 is 21.7 Å². The van der Waals surface area contributed by atoms with Crippen LogP contribution in [0.4, 0.5) is 5.69 Å². The molecule has 2 aromatic carbocycles. The molecular formula is C25H33NO6S. The van der Waals surface area contributed by atoms with E-state index in [9.17, 15) is 18.3 Å². The molecular weight excluding hydrogens is 442 g/mol. The van der Waals surface area contributed by atoms with Gasteiger partial charge in [0.15, 0.2) is 0 Å². The van der Waals surface area contributed by atoms with Gasteiger partial charge >= 0.3 is 5.97 Å². The lowest BCUT2D eigenvalue weighted by Crippen LogP contribution is -2.25. The zero-order valence-corrected chi connectivity index (χ0v) is 19.6. The molecule has 8 heteroatoms. The first kappa shape index (κ1) is 25.1. The summed E-state index contributed by atoms with van der Waals surface area (Å²) in [6.45, 7) is 0.326. The average molecular weight is 476 g/mol. The molecule has 0 aliphatic heterocycles. The van der Waals surface area contributed by atoms with E-state index in [0.717, 1.165) is 24.0 Å². The highest BCUT2D eigenvalue weighted by atomic mass is 32.2. The quantitative estimate of drug-likeness (QED) is 0.401. The van der Waals surface area contributed by atoms with E-state index in [4.69, 9.17) is 9.84 Å². The molecule has 0 amide bonds. The van der Waals surface area contributed by atoms with E-state index in [1.165, 1.54) is 0 Å². The summed E-state index contributed by atoms with van der Waals surface area (Å²) in [5.41, 5.74) is 2.36. The Hall–Kier alpha value is -2.58. The minimum absolute atomic E-state index is 0.0406. The van der Waals surface area contributed by atoms with Crippen LogP contribution in [0.1, 0.15) is 56.1 Å². The van der Waals surface area contributed by atoms with Gasteiger partial charge in [-0.2, -0.15) is 0 Å². The van der Waals surface area contributed by atoms with Crippen molar-refractivity contribution in [2.45, 2.75) is 69.1 Å². The molecule has 3 rings (SSSR count). The Morgan fingerprint density at radius 3 is 2.58 bits per heavy atom. The molecule has 3 N–H and O–H groups in total. The predicted molar refractivity (Wildman–Crippen MR) is 128 cm³/mol. The van der Waals surface area contributed by atoms with Gasteiger partial charge in [-0.05, 0) is 61.4 Å². The van der Waals surface area contributed by atoms with Crippen LogP contribution in [-0.4, -0.2) is 42.6 Å². The van der Waals surface area contributed by atoms with Crippen molar-refractivity contribution in [1.29, 1.82) is 0 Å². The van der Waals surface area contributed by atoms with E-state index >= 15 is 0 Å². The first-order valence-corrected chi connectivity index (χ1v) is 13.1. The average Bonchev–Trinajstić information content (AvgIpc) is 3.33.